The molecule has 1 atom stereocenters. The number of unbranched alkanes of at least 4 members (excludes halogenated alkanes) is 1. The molecule has 20 heavy (non-hydrogen) atoms. The normalized spacial score (nSPS) is 29.4. The maximum absolute atomic E-state index is 10.9. The first-order valence-electron chi connectivity index (χ1n) is 9.09. The van der Waals surface area contributed by atoms with Gasteiger partial charge < -0.3 is 5.11 Å². The second kappa shape index (κ2) is 7.82. The maximum Gasteiger partial charge on any atom is 0.0650 e. The van der Waals surface area contributed by atoms with Gasteiger partial charge >= 0.3 is 0 Å². The van der Waals surface area contributed by atoms with Crippen LogP contribution in [-0.4, -0.2) is 10.7 Å². The van der Waals surface area contributed by atoms with E-state index >= 15 is 0 Å². The van der Waals surface area contributed by atoms with Gasteiger partial charge in [-0.25, -0.2) is 0 Å². The number of hydrogen-bond acceptors (Lipinski definition) is 1. The third kappa shape index (κ3) is 5.06. The Morgan fingerprint density at radius 1 is 1.15 bits per heavy atom. The van der Waals surface area contributed by atoms with E-state index in [1.54, 1.807) is 0 Å². The summed E-state index contributed by atoms with van der Waals surface area (Å²) in [5, 5.41) is 10.9. The molecule has 1 aliphatic rings. The van der Waals surface area contributed by atoms with Gasteiger partial charge in [0.2, 0.25) is 0 Å². The molecule has 1 saturated carbocycles. The van der Waals surface area contributed by atoms with Gasteiger partial charge in [-0.2, -0.15) is 0 Å². The summed E-state index contributed by atoms with van der Waals surface area (Å²) >= 11 is 0. The number of hydrogen-bond donors (Lipinski definition) is 1. The average molecular weight is 283 g/mol. The molecule has 0 aromatic carbocycles. The molecule has 0 saturated heterocycles. The van der Waals surface area contributed by atoms with Crippen molar-refractivity contribution in [3.05, 3.63) is 0 Å². The molecule has 0 heterocycles. The van der Waals surface area contributed by atoms with E-state index in [1.807, 2.05) is 0 Å². The summed E-state index contributed by atoms with van der Waals surface area (Å²) in [7, 11) is 0. The van der Waals surface area contributed by atoms with Crippen molar-refractivity contribution < 1.29 is 5.11 Å². The van der Waals surface area contributed by atoms with Gasteiger partial charge in [0.25, 0.3) is 0 Å². The minimum atomic E-state index is -0.352. The molecular weight excluding hydrogens is 244 g/mol. The molecule has 1 heteroatoms. The quantitative estimate of drug-likeness (QED) is 0.583. The fraction of sp³-hybridized carbons (Fsp3) is 1.00. The van der Waals surface area contributed by atoms with E-state index in [0.717, 1.165) is 31.1 Å². The average Bonchev–Trinajstić information content (AvgIpc) is 2.43. The van der Waals surface area contributed by atoms with Crippen molar-refractivity contribution in [2.45, 2.75) is 104 Å². The number of rotatable bonds is 8. The third-order valence-electron chi connectivity index (χ3n) is 6.14. The Morgan fingerprint density at radius 3 is 2.20 bits per heavy atom. The van der Waals surface area contributed by atoms with E-state index < -0.39 is 0 Å². The summed E-state index contributed by atoms with van der Waals surface area (Å²) in [6, 6.07) is 0. The summed E-state index contributed by atoms with van der Waals surface area (Å²) in [5.74, 6) is 1.54. The SMILES string of the molecule is CCCCC(CC)CC1(O)CCC(C(C)(C)CC)CC1. The van der Waals surface area contributed by atoms with Crippen LogP contribution in [0.15, 0.2) is 0 Å². The maximum atomic E-state index is 10.9. The van der Waals surface area contributed by atoms with Crippen LogP contribution in [0.25, 0.3) is 0 Å². The highest BCUT2D eigenvalue weighted by Crippen LogP contribution is 2.45. The van der Waals surface area contributed by atoms with Crippen LogP contribution in [0, 0.1) is 17.3 Å². The first-order valence-corrected chi connectivity index (χ1v) is 9.09. The third-order valence-corrected chi connectivity index (χ3v) is 6.14. The lowest BCUT2D eigenvalue weighted by Crippen LogP contribution is -2.39. The van der Waals surface area contributed by atoms with Crippen LogP contribution in [0.3, 0.4) is 0 Å². The van der Waals surface area contributed by atoms with Gasteiger partial charge in [0.15, 0.2) is 0 Å². The van der Waals surface area contributed by atoms with E-state index in [1.165, 1.54) is 44.9 Å². The first-order chi connectivity index (χ1) is 9.37. The van der Waals surface area contributed by atoms with Gasteiger partial charge in [0, 0.05) is 0 Å². The molecule has 1 nitrogen and oxygen atoms in total. The molecule has 1 unspecified atom stereocenters. The van der Waals surface area contributed by atoms with Gasteiger partial charge in [-0.05, 0) is 49.4 Å². The summed E-state index contributed by atoms with van der Waals surface area (Å²) in [6.07, 6.45) is 11.9. The predicted molar refractivity (Wildman–Crippen MR) is 88.9 cm³/mol. The van der Waals surface area contributed by atoms with Crippen LogP contribution in [0.4, 0.5) is 0 Å². The molecule has 1 N–H and O–H groups in total. The molecule has 0 aromatic rings. The van der Waals surface area contributed by atoms with Crippen LogP contribution < -0.4 is 0 Å². The highest BCUT2D eigenvalue weighted by molar-refractivity contribution is 4.91. The Labute approximate surface area is 127 Å². The zero-order valence-electron chi connectivity index (χ0n) is 14.7. The first kappa shape index (κ1) is 18.0. The van der Waals surface area contributed by atoms with Crippen molar-refractivity contribution in [1.82, 2.24) is 0 Å². The van der Waals surface area contributed by atoms with Gasteiger partial charge in [-0.15, -0.1) is 0 Å². The lowest BCUT2D eigenvalue weighted by Gasteiger charge is -2.43. The molecule has 1 rings (SSSR count). The minimum Gasteiger partial charge on any atom is -0.390 e. The summed E-state index contributed by atoms with van der Waals surface area (Å²) < 4.78 is 0. The lowest BCUT2D eigenvalue weighted by atomic mass is 9.65. The highest BCUT2D eigenvalue weighted by Gasteiger charge is 2.39. The Hall–Kier alpha value is -0.0400. The summed E-state index contributed by atoms with van der Waals surface area (Å²) in [5.41, 5.74) is 0.0996. The molecular formula is C19H38O. The van der Waals surface area contributed by atoms with Crippen molar-refractivity contribution in [3.8, 4) is 0 Å². The Kier molecular flexibility index (Phi) is 7.04. The largest absolute Gasteiger partial charge is 0.390 e. The van der Waals surface area contributed by atoms with E-state index in [-0.39, 0.29) is 5.60 Å². The second-order valence-corrected chi connectivity index (χ2v) is 7.96. The monoisotopic (exact) mass is 282 g/mol. The highest BCUT2D eigenvalue weighted by atomic mass is 16.3. The van der Waals surface area contributed by atoms with Crippen LogP contribution in [0.5, 0.6) is 0 Å². The molecule has 0 bridgehead atoms. The minimum absolute atomic E-state index is 0.352. The second-order valence-electron chi connectivity index (χ2n) is 7.96. The van der Waals surface area contributed by atoms with E-state index in [0.29, 0.717) is 5.41 Å². The Bertz CT molecular complexity index is 261. The number of aliphatic hydroxyl groups is 1. The van der Waals surface area contributed by atoms with Gasteiger partial charge in [0.1, 0.15) is 0 Å². The van der Waals surface area contributed by atoms with Crippen molar-refractivity contribution >= 4 is 0 Å². The summed E-state index contributed by atoms with van der Waals surface area (Å²) in [6.45, 7) is 11.7. The molecule has 1 fully saturated rings. The van der Waals surface area contributed by atoms with Gasteiger partial charge in [-0.3, -0.25) is 0 Å². The molecule has 0 aromatic heterocycles. The Morgan fingerprint density at radius 2 is 1.75 bits per heavy atom. The van der Waals surface area contributed by atoms with E-state index in [9.17, 15) is 5.11 Å². The molecule has 120 valence electrons. The van der Waals surface area contributed by atoms with Crippen molar-refractivity contribution in [2.75, 3.05) is 0 Å². The van der Waals surface area contributed by atoms with Crippen LogP contribution in [0.2, 0.25) is 0 Å². The summed E-state index contributed by atoms with van der Waals surface area (Å²) in [4.78, 5) is 0. The van der Waals surface area contributed by atoms with E-state index in [2.05, 4.69) is 34.6 Å². The molecule has 0 amide bonds. The van der Waals surface area contributed by atoms with Crippen LogP contribution >= 0.6 is 0 Å². The van der Waals surface area contributed by atoms with Crippen LogP contribution in [0.1, 0.15) is 98.8 Å². The standard InChI is InChI=1S/C19H38O/c1-6-9-10-16(7-2)15-19(20)13-11-17(12-14-19)18(4,5)8-3/h16-17,20H,6-15H2,1-5H3. The van der Waals surface area contributed by atoms with Gasteiger partial charge in [0.05, 0.1) is 5.60 Å². The van der Waals surface area contributed by atoms with Crippen LogP contribution in [-0.2, 0) is 0 Å². The Balaban J connectivity index is 2.48. The molecule has 0 radical (unpaired) electrons. The topological polar surface area (TPSA) is 20.2 Å². The fourth-order valence-electron chi connectivity index (χ4n) is 3.91. The lowest BCUT2D eigenvalue weighted by molar-refractivity contribution is -0.0460. The smallest absolute Gasteiger partial charge is 0.0650 e. The van der Waals surface area contributed by atoms with Gasteiger partial charge in [-0.1, -0.05) is 66.7 Å². The van der Waals surface area contributed by atoms with Crippen molar-refractivity contribution in [1.29, 1.82) is 0 Å². The van der Waals surface area contributed by atoms with Crippen molar-refractivity contribution in [3.63, 3.8) is 0 Å². The zero-order chi connectivity index (χ0) is 15.2. The zero-order valence-corrected chi connectivity index (χ0v) is 14.7. The van der Waals surface area contributed by atoms with E-state index in [4.69, 9.17) is 0 Å². The molecule has 1 aliphatic carbocycles. The molecule has 0 aliphatic heterocycles. The predicted octanol–water partition coefficient (Wildman–Crippen LogP) is 5.95. The fourth-order valence-corrected chi connectivity index (χ4v) is 3.91. The van der Waals surface area contributed by atoms with Crippen molar-refractivity contribution in [2.24, 2.45) is 17.3 Å². The molecule has 0 spiro atoms.